The fourth-order valence-corrected chi connectivity index (χ4v) is 3.83. The molecule has 0 saturated heterocycles. The molecular weight excluding hydrogens is 494 g/mol. The number of anilines is 1. The quantitative estimate of drug-likeness (QED) is 0.115. The van der Waals surface area contributed by atoms with E-state index < -0.39 is 43.1 Å². The Morgan fingerprint density at radius 1 is 0.917 bits per heavy atom. The van der Waals surface area contributed by atoms with E-state index in [0.29, 0.717) is 42.0 Å². The van der Waals surface area contributed by atoms with E-state index in [1.807, 2.05) is 0 Å². The van der Waals surface area contributed by atoms with Crippen molar-refractivity contribution in [2.24, 2.45) is 0 Å². The van der Waals surface area contributed by atoms with Crippen LogP contribution in [0.2, 0.25) is 0 Å². The SMILES string of the molecule is CCc1c(NC(=O)COCCCCCl)c(C)c(C(=O)NCC(O)CO)c(C)c1C(=O)NCC(O)CO. The van der Waals surface area contributed by atoms with Crippen LogP contribution in [0.25, 0.3) is 0 Å². The Labute approximate surface area is 216 Å². The summed E-state index contributed by atoms with van der Waals surface area (Å²) < 4.78 is 5.38. The number of carbonyl (C=O) groups is 3. The van der Waals surface area contributed by atoms with E-state index >= 15 is 0 Å². The van der Waals surface area contributed by atoms with Gasteiger partial charge in [-0.2, -0.15) is 0 Å². The Morgan fingerprint density at radius 2 is 1.47 bits per heavy atom. The van der Waals surface area contributed by atoms with Crippen molar-refractivity contribution in [1.82, 2.24) is 10.6 Å². The number of nitrogens with one attached hydrogen (secondary N) is 3. The molecule has 3 amide bonds. The molecule has 12 heteroatoms. The van der Waals surface area contributed by atoms with Crippen molar-refractivity contribution in [2.75, 3.05) is 50.7 Å². The van der Waals surface area contributed by atoms with Crippen LogP contribution in [0.3, 0.4) is 0 Å². The highest BCUT2D eigenvalue weighted by atomic mass is 35.5. The van der Waals surface area contributed by atoms with Gasteiger partial charge in [-0.1, -0.05) is 6.92 Å². The molecule has 0 aliphatic carbocycles. The van der Waals surface area contributed by atoms with E-state index in [1.54, 1.807) is 20.8 Å². The molecule has 0 radical (unpaired) electrons. The number of alkyl halides is 1. The third-order valence-corrected chi connectivity index (χ3v) is 5.77. The van der Waals surface area contributed by atoms with Crippen LogP contribution < -0.4 is 16.0 Å². The van der Waals surface area contributed by atoms with Crippen LogP contribution in [0.1, 0.15) is 57.2 Å². The standard InChI is InChI=1S/C24H38ClN3O8/c1-4-18-21(24(35)27-10-17(32)12-30)14(2)20(23(34)26-9-16(31)11-29)15(3)22(18)28-19(33)13-36-8-6-5-7-25/h16-17,29-32H,4-13H2,1-3H3,(H,26,34)(H,27,35)(H,28,33). The smallest absolute Gasteiger partial charge is 0.252 e. The summed E-state index contributed by atoms with van der Waals surface area (Å²) in [4.78, 5) is 38.8. The minimum atomic E-state index is -1.16. The van der Waals surface area contributed by atoms with Gasteiger partial charge in [-0.3, -0.25) is 14.4 Å². The van der Waals surface area contributed by atoms with Crippen LogP contribution in [-0.2, 0) is 16.0 Å². The minimum Gasteiger partial charge on any atom is -0.394 e. The molecular formula is C24H38ClN3O8. The fourth-order valence-electron chi connectivity index (χ4n) is 3.65. The van der Waals surface area contributed by atoms with Crippen molar-refractivity contribution in [3.8, 4) is 0 Å². The first-order valence-corrected chi connectivity index (χ1v) is 12.4. The van der Waals surface area contributed by atoms with E-state index in [0.717, 1.165) is 6.42 Å². The number of hydrogen-bond donors (Lipinski definition) is 7. The zero-order valence-electron chi connectivity index (χ0n) is 21.0. The summed E-state index contributed by atoms with van der Waals surface area (Å²) >= 11 is 5.64. The Morgan fingerprint density at radius 3 is 1.97 bits per heavy atom. The first-order chi connectivity index (χ1) is 17.1. The number of halogens is 1. The molecule has 0 spiro atoms. The average molecular weight is 532 g/mol. The molecule has 1 aromatic carbocycles. The minimum absolute atomic E-state index is 0.128. The normalized spacial score (nSPS) is 12.7. The lowest BCUT2D eigenvalue weighted by molar-refractivity contribution is -0.120. The van der Waals surface area contributed by atoms with Gasteiger partial charge >= 0.3 is 0 Å². The van der Waals surface area contributed by atoms with E-state index in [2.05, 4.69) is 16.0 Å². The molecule has 36 heavy (non-hydrogen) atoms. The van der Waals surface area contributed by atoms with Gasteiger partial charge in [0, 0.05) is 42.4 Å². The van der Waals surface area contributed by atoms with Gasteiger partial charge in [-0.15, -0.1) is 11.6 Å². The van der Waals surface area contributed by atoms with Crippen LogP contribution in [0, 0.1) is 13.8 Å². The zero-order valence-corrected chi connectivity index (χ0v) is 21.8. The van der Waals surface area contributed by atoms with Crippen molar-refractivity contribution < 1.29 is 39.5 Å². The molecule has 1 aromatic rings. The van der Waals surface area contributed by atoms with Crippen LogP contribution in [0.5, 0.6) is 0 Å². The largest absolute Gasteiger partial charge is 0.394 e. The molecule has 0 aliphatic rings. The van der Waals surface area contributed by atoms with Crippen molar-refractivity contribution >= 4 is 35.0 Å². The highest BCUT2D eigenvalue weighted by molar-refractivity contribution is 6.17. The molecule has 7 N–H and O–H groups in total. The molecule has 0 aromatic heterocycles. The van der Waals surface area contributed by atoms with E-state index in [1.165, 1.54) is 0 Å². The van der Waals surface area contributed by atoms with E-state index in [4.69, 9.17) is 26.6 Å². The summed E-state index contributed by atoms with van der Waals surface area (Å²) in [6.07, 6.45) is -0.531. The Kier molecular flexibility index (Phi) is 14.5. The number of amides is 3. The number of benzene rings is 1. The third kappa shape index (κ3) is 9.30. The van der Waals surface area contributed by atoms with Crippen molar-refractivity contribution in [1.29, 1.82) is 0 Å². The average Bonchev–Trinajstić information content (AvgIpc) is 2.86. The summed E-state index contributed by atoms with van der Waals surface area (Å²) in [7, 11) is 0. The third-order valence-electron chi connectivity index (χ3n) is 5.50. The number of aliphatic hydroxyl groups is 4. The predicted octanol–water partition coefficient (Wildman–Crippen LogP) is 0.00594. The summed E-state index contributed by atoms with van der Waals surface area (Å²) in [5.41, 5.74) is 1.82. The topological polar surface area (TPSA) is 177 Å². The van der Waals surface area contributed by atoms with E-state index in [9.17, 15) is 24.6 Å². The van der Waals surface area contributed by atoms with Gasteiger partial charge in [-0.25, -0.2) is 0 Å². The predicted molar refractivity (Wildman–Crippen MR) is 136 cm³/mol. The Hall–Kier alpha value is -2.28. The number of aliphatic hydroxyl groups excluding tert-OH is 4. The lowest BCUT2D eigenvalue weighted by Gasteiger charge is -2.23. The fraction of sp³-hybridized carbons (Fsp3) is 0.625. The second-order valence-corrected chi connectivity index (χ2v) is 8.67. The van der Waals surface area contributed by atoms with Crippen LogP contribution in [0.4, 0.5) is 5.69 Å². The van der Waals surface area contributed by atoms with Gasteiger partial charge in [0.1, 0.15) is 6.61 Å². The van der Waals surface area contributed by atoms with E-state index in [-0.39, 0.29) is 36.5 Å². The summed E-state index contributed by atoms with van der Waals surface area (Å²) in [6.45, 7) is 3.64. The van der Waals surface area contributed by atoms with Crippen LogP contribution in [-0.4, -0.2) is 95.8 Å². The summed E-state index contributed by atoms with van der Waals surface area (Å²) in [5, 5.41) is 45.2. The van der Waals surface area contributed by atoms with Crippen LogP contribution >= 0.6 is 11.6 Å². The van der Waals surface area contributed by atoms with Gasteiger partial charge in [0.25, 0.3) is 11.8 Å². The lowest BCUT2D eigenvalue weighted by atomic mass is 9.88. The van der Waals surface area contributed by atoms with Gasteiger partial charge in [0.15, 0.2) is 0 Å². The molecule has 2 unspecified atom stereocenters. The maximum Gasteiger partial charge on any atom is 0.252 e. The molecule has 204 valence electrons. The van der Waals surface area contributed by atoms with Crippen molar-refractivity contribution in [3.63, 3.8) is 0 Å². The molecule has 1 rings (SSSR count). The van der Waals surface area contributed by atoms with Crippen LogP contribution in [0.15, 0.2) is 0 Å². The summed E-state index contributed by atoms with van der Waals surface area (Å²) in [6, 6.07) is 0. The maximum absolute atomic E-state index is 13.1. The zero-order chi connectivity index (χ0) is 27.3. The number of rotatable bonds is 16. The van der Waals surface area contributed by atoms with Gasteiger partial charge in [0.2, 0.25) is 5.91 Å². The number of unbranched alkanes of at least 4 members (excludes halogenated alkanes) is 1. The molecule has 0 heterocycles. The molecule has 0 aliphatic heterocycles. The Bertz CT molecular complexity index is 897. The second-order valence-electron chi connectivity index (χ2n) is 8.30. The number of hydrogen-bond acceptors (Lipinski definition) is 8. The lowest BCUT2D eigenvalue weighted by Crippen LogP contribution is -2.37. The molecule has 0 saturated carbocycles. The second kappa shape index (κ2) is 16.5. The molecule has 2 atom stereocenters. The first kappa shape index (κ1) is 31.7. The van der Waals surface area contributed by atoms with Crippen molar-refractivity contribution in [3.05, 3.63) is 27.8 Å². The van der Waals surface area contributed by atoms with Gasteiger partial charge in [0.05, 0.1) is 25.4 Å². The number of ether oxygens (including phenoxy) is 1. The van der Waals surface area contributed by atoms with Crippen molar-refractivity contribution in [2.45, 2.75) is 52.2 Å². The summed E-state index contributed by atoms with van der Waals surface area (Å²) in [5.74, 6) is -1.16. The first-order valence-electron chi connectivity index (χ1n) is 11.9. The highest BCUT2D eigenvalue weighted by Crippen LogP contribution is 2.32. The monoisotopic (exact) mass is 531 g/mol. The molecule has 11 nitrogen and oxygen atoms in total. The molecule has 0 bridgehead atoms. The Balaban J connectivity index is 3.42. The maximum atomic E-state index is 13.1. The number of carbonyl (C=O) groups excluding carboxylic acids is 3. The highest BCUT2D eigenvalue weighted by Gasteiger charge is 2.27. The van der Waals surface area contributed by atoms with Gasteiger partial charge < -0.3 is 41.1 Å². The molecule has 0 fully saturated rings. The van der Waals surface area contributed by atoms with Gasteiger partial charge in [-0.05, 0) is 49.8 Å².